The first kappa shape index (κ1) is 7.39. The van der Waals surface area contributed by atoms with E-state index in [0.29, 0.717) is 0 Å². The molecule has 0 amide bonds. The van der Waals surface area contributed by atoms with Crippen molar-refractivity contribution in [2.75, 3.05) is 0 Å². The molecule has 0 spiro atoms. The minimum atomic E-state index is 0.950. The van der Waals surface area contributed by atoms with Gasteiger partial charge in [0.2, 0.25) is 0 Å². The summed E-state index contributed by atoms with van der Waals surface area (Å²) in [4.78, 5) is 0. The quantitative estimate of drug-likeness (QED) is 0.502. The van der Waals surface area contributed by atoms with Crippen molar-refractivity contribution < 1.29 is 0 Å². The van der Waals surface area contributed by atoms with Gasteiger partial charge in [0, 0.05) is 0 Å². The number of hydrogen-bond acceptors (Lipinski definition) is 0. The van der Waals surface area contributed by atoms with Crippen molar-refractivity contribution in [3.8, 4) is 0 Å². The molecule has 62 valence electrons. The molecule has 0 N–H and O–H groups in total. The minimum absolute atomic E-state index is 0.950. The molecule has 0 aromatic heterocycles. The van der Waals surface area contributed by atoms with Gasteiger partial charge in [-0.2, -0.15) is 0 Å². The molecular weight excluding hydrogens is 132 g/mol. The number of hydrogen-bond donors (Lipinski definition) is 0. The molecule has 0 aromatic rings. The lowest BCUT2D eigenvalue weighted by Crippen LogP contribution is -1.97. The van der Waals surface area contributed by atoms with Gasteiger partial charge in [0.1, 0.15) is 0 Å². The summed E-state index contributed by atoms with van der Waals surface area (Å²) in [7, 11) is 0. The van der Waals surface area contributed by atoms with Gasteiger partial charge in [-0.1, -0.05) is 31.4 Å². The molecule has 11 heavy (non-hydrogen) atoms. The van der Waals surface area contributed by atoms with Gasteiger partial charge in [0.15, 0.2) is 0 Å². The zero-order valence-electron chi connectivity index (χ0n) is 7.47. The van der Waals surface area contributed by atoms with Crippen molar-refractivity contribution in [1.82, 2.24) is 0 Å². The third kappa shape index (κ3) is 1.50. The summed E-state index contributed by atoms with van der Waals surface area (Å²) in [5.74, 6) is 1.95. The van der Waals surface area contributed by atoms with Crippen LogP contribution in [-0.4, -0.2) is 0 Å². The Morgan fingerprint density at radius 3 is 2.55 bits per heavy atom. The summed E-state index contributed by atoms with van der Waals surface area (Å²) in [6.45, 7) is 2.37. The second kappa shape index (κ2) is 3.00. The van der Waals surface area contributed by atoms with Crippen LogP contribution in [0.25, 0.3) is 0 Å². The van der Waals surface area contributed by atoms with Gasteiger partial charge in [-0.05, 0) is 37.5 Å². The van der Waals surface area contributed by atoms with Crippen LogP contribution in [0.15, 0.2) is 11.6 Å². The number of allylic oxidation sites excluding steroid dienone is 2. The summed E-state index contributed by atoms with van der Waals surface area (Å²) in [5.41, 5.74) is 1.80. The highest BCUT2D eigenvalue weighted by Gasteiger charge is 2.23. The van der Waals surface area contributed by atoms with E-state index in [2.05, 4.69) is 13.0 Å². The zero-order valence-corrected chi connectivity index (χ0v) is 7.47. The largest absolute Gasteiger partial charge is 0.0848 e. The van der Waals surface area contributed by atoms with Crippen molar-refractivity contribution in [2.24, 2.45) is 11.8 Å². The molecule has 0 nitrogen and oxygen atoms in total. The molecule has 0 aliphatic heterocycles. The fourth-order valence-electron chi connectivity index (χ4n) is 2.55. The topological polar surface area (TPSA) is 0 Å². The molecule has 1 saturated carbocycles. The molecule has 0 radical (unpaired) electrons. The Hall–Kier alpha value is -0.260. The van der Waals surface area contributed by atoms with Crippen molar-refractivity contribution in [1.29, 1.82) is 0 Å². The van der Waals surface area contributed by atoms with E-state index < -0.39 is 0 Å². The van der Waals surface area contributed by atoms with Crippen LogP contribution in [0.2, 0.25) is 0 Å². The van der Waals surface area contributed by atoms with Crippen molar-refractivity contribution >= 4 is 0 Å². The molecule has 1 unspecified atom stereocenters. The first-order valence-corrected chi connectivity index (χ1v) is 5.05. The molecular formula is C11H18. The third-order valence-electron chi connectivity index (χ3n) is 3.25. The Labute approximate surface area is 69.7 Å². The fourth-order valence-corrected chi connectivity index (χ4v) is 2.55. The Bertz CT molecular complexity index is 161. The van der Waals surface area contributed by atoms with Crippen LogP contribution >= 0.6 is 0 Å². The van der Waals surface area contributed by atoms with Crippen LogP contribution < -0.4 is 0 Å². The summed E-state index contributed by atoms with van der Waals surface area (Å²) in [6, 6.07) is 0. The van der Waals surface area contributed by atoms with Gasteiger partial charge in [-0.3, -0.25) is 0 Å². The predicted molar refractivity (Wildman–Crippen MR) is 48.4 cm³/mol. The van der Waals surface area contributed by atoms with E-state index in [4.69, 9.17) is 0 Å². The first-order valence-electron chi connectivity index (χ1n) is 5.05. The van der Waals surface area contributed by atoms with Crippen LogP contribution in [-0.2, 0) is 0 Å². The monoisotopic (exact) mass is 150 g/mol. The van der Waals surface area contributed by atoms with Crippen molar-refractivity contribution in [3.63, 3.8) is 0 Å². The van der Waals surface area contributed by atoms with Gasteiger partial charge >= 0.3 is 0 Å². The van der Waals surface area contributed by atoms with E-state index in [1.165, 1.54) is 38.5 Å². The van der Waals surface area contributed by atoms with Crippen LogP contribution in [0.1, 0.15) is 45.4 Å². The van der Waals surface area contributed by atoms with Gasteiger partial charge in [0.05, 0.1) is 0 Å². The van der Waals surface area contributed by atoms with Gasteiger partial charge in [0.25, 0.3) is 0 Å². The summed E-state index contributed by atoms with van der Waals surface area (Å²) >= 11 is 0. The highest BCUT2D eigenvalue weighted by Crippen LogP contribution is 2.38. The molecule has 2 rings (SSSR count). The Morgan fingerprint density at radius 2 is 2.00 bits per heavy atom. The van der Waals surface area contributed by atoms with E-state index in [9.17, 15) is 0 Å². The fraction of sp³-hybridized carbons (Fsp3) is 0.818. The molecule has 1 fully saturated rings. The highest BCUT2D eigenvalue weighted by atomic mass is 14.3. The molecule has 0 heterocycles. The Balaban J connectivity index is 1.94. The maximum absolute atomic E-state index is 2.51. The van der Waals surface area contributed by atoms with Crippen LogP contribution in [0.3, 0.4) is 0 Å². The lowest BCUT2D eigenvalue weighted by atomic mass is 9.95. The average molecular weight is 150 g/mol. The molecule has 0 bridgehead atoms. The standard InChI is InChI=1S/C11H18/c1-9-6-7-11(8-9)10-4-2-3-5-10/h7,9-10H,2-6,8H2,1H3. The van der Waals surface area contributed by atoms with E-state index in [0.717, 1.165) is 11.8 Å². The Morgan fingerprint density at radius 1 is 1.27 bits per heavy atom. The molecule has 2 aliphatic carbocycles. The Kier molecular flexibility index (Phi) is 2.02. The molecule has 0 heteroatoms. The minimum Gasteiger partial charge on any atom is -0.0848 e. The molecule has 2 aliphatic rings. The van der Waals surface area contributed by atoms with Crippen LogP contribution in [0.4, 0.5) is 0 Å². The maximum Gasteiger partial charge on any atom is -0.0203 e. The van der Waals surface area contributed by atoms with Crippen molar-refractivity contribution in [2.45, 2.75) is 45.4 Å². The lowest BCUT2D eigenvalue weighted by Gasteiger charge is -2.10. The summed E-state index contributed by atoms with van der Waals surface area (Å²) in [6.07, 6.45) is 11.2. The molecule has 0 aromatic carbocycles. The van der Waals surface area contributed by atoms with Gasteiger partial charge in [-0.15, -0.1) is 0 Å². The van der Waals surface area contributed by atoms with E-state index in [-0.39, 0.29) is 0 Å². The van der Waals surface area contributed by atoms with Gasteiger partial charge in [-0.25, -0.2) is 0 Å². The van der Waals surface area contributed by atoms with Crippen LogP contribution in [0, 0.1) is 11.8 Å². The number of rotatable bonds is 1. The second-order valence-corrected chi connectivity index (χ2v) is 4.31. The smallest absolute Gasteiger partial charge is 0.0203 e. The van der Waals surface area contributed by atoms with E-state index in [1.54, 1.807) is 5.57 Å². The average Bonchev–Trinajstić information content (AvgIpc) is 2.55. The first-order chi connectivity index (χ1) is 5.36. The van der Waals surface area contributed by atoms with Crippen LogP contribution in [0.5, 0.6) is 0 Å². The predicted octanol–water partition coefficient (Wildman–Crippen LogP) is 3.53. The second-order valence-electron chi connectivity index (χ2n) is 4.31. The van der Waals surface area contributed by atoms with Crippen molar-refractivity contribution in [3.05, 3.63) is 11.6 Å². The summed E-state index contributed by atoms with van der Waals surface area (Å²) in [5, 5.41) is 0. The normalized spacial score (nSPS) is 32.8. The third-order valence-corrected chi connectivity index (χ3v) is 3.25. The highest BCUT2D eigenvalue weighted by molar-refractivity contribution is 5.14. The molecule has 0 saturated heterocycles. The summed E-state index contributed by atoms with van der Waals surface area (Å²) < 4.78 is 0. The SMILES string of the molecule is CC1CC=C(C2CCCC2)C1. The molecule has 1 atom stereocenters. The lowest BCUT2D eigenvalue weighted by molar-refractivity contribution is 0.563. The van der Waals surface area contributed by atoms with E-state index in [1.807, 2.05) is 0 Å². The zero-order chi connectivity index (χ0) is 7.68. The maximum atomic E-state index is 2.51. The van der Waals surface area contributed by atoms with Gasteiger partial charge < -0.3 is 0 Å². The van der Waals surface area contributed by atoms with E-state index >= 15 is 0 Å².